The molecule has 1 amide bonds. The zero-order valence-electron chi connectivity index (χ0n) is 21.8. The Hall–Kier alpha value is -2.44. The molecule has 0 spiro atoms. The Morgan fingerprint density at radius 1 is 1.18 bits per heavy atom. The van der Waals surface area contributed by atoms with E-state index in [-0.39, 0.29) is 43.0 Å². The number of amides is 1. The number of carbonyl (C=O) groups is 2. The number of benzene rings is 2. The molecule has 2 atom stereocenters. The van der Waals surface area contributed by atoms with Gasteiger partial charge in [-0.25, -0.2) is 18.3 Å². The lowest BCUT2D eigenvalue weighted by molar-refractivity contribution is -0.149. The third kappa shape index (κ3) is 5.18. The summed E-state index contributed by atoms with van der Waals surface area (Å²) < 4.78 is 37.0. The molecule has 0 bridgehead atoms. The average Bonchev–Trinajstić information content (AvgIpc) is 3.43. The fourth-order valence-corrected chi connectivity index (χ4v) is 7.85. The van der Waals surface area contributed by atoms with Crippen molar-refractivity contribution in [1.29, 1.82) is 0 Å². The van der Waals surface area contributed by atoms with E-state index < -0.39 is 27.4 Å². The van der Waals surface area contributed by atoms with Gasteiger partial charge < -0.3 is 4.74 Å². The van der Waals surface area contributed by atoms with Gasteiger partial charge in [0.1, 0.15) is 5.54 Å². The number of halogens is 3. The van der Waals surface area contributed by atoms with Crippen molar-refractivity contribution >= 4 is 72.7 Å². The number of nitrogens with zero attached hydrogens (tertiary/aromatic N) is 4. The summed E-state index contributed by atoms with van der Waals surface area (Å²) >= 11 is 16.0. The first kappa shape index (κ1) is 29.1. The zero-order valence-corrected chi connectivity index (χ0v) is 25.7. The van der Waals surface area contributed by atoms with Crippen LogP contribution >= 0.6 is 39.1 Å². The first-order valence-corrected chi connectivity index (χ1v) is 15.7. The van der Waals surface area contributed by atoms with Crippen LogP contribution in [0.5, 0.6) is 0 Å². The van der Waals surface area contributed by atoms with Gasteiger partial charge in [-0.05, 0) is 62.6 Å². The van der Waals surface area contributed by atoms with Gasteiger partial charge in [0.05, 0.1) is 24.4 Å². The summed E-state index contributed by atoms with van der Waals surface area (Å²) in [6.45, 7) is 3.87. The van der Waals surface area contributed by atoms with Gasteiger partial charge >= 0.3 is 5.97 Å². The quantitative estimate of drug-likeness (QED) is 0.306. The summed E-state index contributed by atoms with van der Waals surface area (Å²) in [6.07, 6.45) is 2.51. The fourth-order valence-electron chi connectivity index (χ4n) is 5.36. The number of ether oxygens (including phenoxy) is 1. The topological polar surface area (TPSA) is 102 Å². The summed E-state index contributed by atoms with van der Waals surface area (Å²) in [5.41, 5.74) is -0.153. The van der Waals surface area contributed by atoms with Crippen molar-refractivity contribution in [2.24, 2.45) is 5.92 Å². The molecule has 2 aromatic carbocycles. The summed E-state index contributed by atoms with van der Waals surface area (Å²) in [5.74, 6) is -1.22. The van der Waals surface area contributed by atoms with Gasteiger partial charge in [0.25, 0.3) is 15.9 Å². The second kappa shape index (κ2) is 11.1. The van der Waals surface area contributed by atoms with Crippen molar-refractivity contribution < 1.29 is 22.7 Å². The number of sulfonamides is 1. The summed E-state index contributed by atoms with van der Waals surface area (Å²) in [6, 6.07) is 12.2. The van der Waals surface area contributed by atoms with Crippen molar-refractivity contribution in [2.75, 3.05) is 24.6 Å². The number of rotatable bonds is 7. The Morgan fingerprint density at radius 2 is 1.85 bits per heavy atom. The maximum absolute atomic E-state index is 14.2. The van der Waals surface area contributed by atoms with Gasteiger partial charge in [-0.1, -0.05) is 51.3 Å². The van der Waals surface area contributed by atoms with Crippen LogP contribution in [0.25, 0.3) is 0 Å². The molecule has 13 heteroatoms. The average molecular weight is 670 g/mol. The molecule has 40 heavy (non-hydrogen) atoms. The number of carbonyl (C=O) groups excluding carboxylic acids is 2. The standard InChI is InChI=1S/C27H27BrCl2N4O5S/c1-3-39-24(35)18-5-4-10-32(16-18)40(37,38)23-15-31-26-33(22-12-20(29)11-21(30)13-22)25(36)27(2,34(23)26)14-17-6-8-19(28)9-7-17/h6-9,11-13,15,18H,3-5,10,14,16H2,1-2H3/t18?,27-/m1/s1. The normalized spacial score (nSPS) is 21.5. The minimum absolute atomic E-state index is 0.00727. The molecule has 0 radical (unpaired) electrons. The minimum atomic E-state index is -4.15. The van der Waals surface area contributed by atoms with Crippen LogP contribution in [0.4, 0.5) is 11.6 Å². The van der Waals surface area contributed by atoms with Gasteiger partial charge in [0, 0.05) is 34.0 Å². The predicted octanol–water partition coefficient (Wildman–Crippen LogP) is 5.55. The van der Waals surface area contributed by atoms with Crippen LogP contribution in [0.1, 0.15) is 32.3 Å². The van der Waals surface area contributed by atoms with Gasteiger partial charge in [-0.3, -0.25) is 14.2 Å². The first-order chi connectivity index (χ1) is 19.0. The lowest BCUT2D eigenvalue weighted by atomic mass is 9.92. The molecule has 0 N–H and O–H groups in total. The molecule has 5 rings (SSSR count). The molecule has 1 unspecified atom stereocenters. The number of fused-ring (bicyclic) bond motifs is 1. The van der Waals surface area contributed by atoms with Gasteiger partial charge in [0.15, 0.2) is 5.03 Å². The summed E-state index contributed by atoms with van der Waals surface area (Å²) in [5, 5.41) is 0.512. The summed E-state index contributed by atoms with van der Waals surface area (Å²) in [4.78, 5) is 32.4. The highest BCUT2D eigenvalue weighted by Crippen LogP contribution is 2.45. The van der Waals surface area contributed by atoms with E-state index in [0.29, 0.717) is 28.6 Å². The van der Waals surface area contributed by atoms with E-state index in [1.165, 1.54) is 20.0 Å². The predicted molar refractivity (Wildman–Crippen MR) is 155 cm³/mol. The molecular formula is C27H27BrCl2N4O5S. The fraction of sp³-hybridized carbons (Fsp3) is 0.370. The smallest absolute Gasteiger partial charge is 0.310 e. The number of hydrogen-bond acceptors (Lipinski definition) is 6. The Morgan fingerprint density at radius 3 is 2.50 bits per heavy atom. The van der Waals surface area contributed by atoms with Crippen LogP contribution in [0.15, 0.2) is 58.2 Å². The Labute approximate surface area is 251 Å². The largest absolute Gasteiger partial charge is 0.466 e. The van der Waals surface area contributed by atoms with Crippen molar-refractivity contribution in [3.05, 3.63) is 68.7 Å². The highest BCUT2D eigenvalue weighted by molar-refractivity contribution is 9.10. The molecule has 0 saturated carbocycles. The van der Waals surface area contributed by atoms with E-state index >= 15 is 0 Å². The molecule has 1 fully saturated rings. The number of imidazole rings is 1. The van der Waals surface area contributed by atoms with Crippen LogP contribution in [0.3, 0.4) is 0 Å². The minimum Gasteiger partial charge on any atom is -0.466 e. The van der Waals surface area contributed by atoms with Gasteiger partial charge in [0.2, 0.25) is 5.95 Å². The zero-order chi connectivity index (χ0) is 28.8. The van der Waals surface area contributed by atoms with Gasteiger partial charge in [-0.15, -0.1) is 0 Å². The molecule has 9 nitrogen and oxygen atoms in total. The maximum Gasteiger partial charge on any atom is 0.310 e. The van der Waals surface area contributed by atoms with Crippen LogP contribution in [-0.2, 0) is 36.3 Å². The van der Waals surface area contributed by atoms with Crippen molar-refractivity contribution in [2.45, 2.75) is 43.7 Å². The SMILES string of the molecule is CCOC(=O)C1CCCN(S(=O)(=O)c2cnc3n2[C@](C)(Cc2ccc(Br)cc2)C(=O)N3c2cc(Cl)cc(Cl)c2)C1. The van der Waals surface area contributed by atoms with E-state index in [1.807, 2.05) is 24.3 Å². The summed E-state index contributed by atoms with van der Waals surface area (Å²) in [7, 11) is -4.15. The van der Waals surface area contributed by atoms with E-state index in [1.54, 1.807) is 32.0 Å². The van der Waals surface area contributed by atoms with Crippen LogP contribution in [0.2, 0.25) is 10.0 Å². The highest BCUT2D eigenvalue weighted by Gasteiger charge is 2.52. The van der Waals surface area contributed by atoms with Crippen LogP contribution in [-0.4, -0.2) is 53.8 Å². The molecule has 0 aliphatic carbocycles. The second-order valence-electron chi connectivity index (χ2n) is 10.0. The molecule has 3 heterocycles. The molecule has 1 saturated heterocycles. The highest BCUT2D eigenvalue weighted by atomic mass is 79.9. The van der Waals surface area contributed by atoms with Crippen LogP contribution in [0, 0.1) is 5.92 Å². The lowest BCUT2D eigenvalue weighted by Crippen LogP contribution is -2.45. The molecular weight excluding hydrogens is 643 g/mol. The maximum atomic E-state index is 14.2. The number of aromatic nitrogens is 2. The van der Waals surface area contributed by atoms with Crippen molar-refractivity contribution in [3.63, 3.8) is 0 Å². The molecule has 3 aromatic rings. The third-order valence-corrected chi connectivity index (χ3v) is 10.0. The molecule has 1 aromatic heterocycles. The Balaban J connectivity index is 1.62. The van der Waals surface area contributed by atoms with E-state index in [9.17, 15) is 18.0 Å². The second-order valence-corrected chi connectivity index (χ2v) is 13.7. The van der Waals surface area contributed by atoms with Crippen LogP contribution < -0.4 is 4.90 Å². The van der Waals surface area contributed by atoms with Crippen molar-refractivity contribution in [1.82, 2.24) is 13.9 Å². The van der Waals surface area contributed by atoms with Gasteiger partial charge in [-0.2, -0.15) is 4.31 Å². The number of esters is 1. The molecule has 2 aliphatic heterocycles. The van der Waals surface area contributed by atoms with E-state index in [4.69, 9.17) is 27.9 Å². The number of hydrogen-bond donors (Lipinski definition) is 0. The Kier molecular flexibility index (Phi) is 8.06. The Bertz CT molecular complexity index is 1560. The molecule has 212 valence electrons. The number of anilines is 2. The number of piperidine rings is 1. The van der Waals surface area contributed by atoms with E-state index in [0.717, 1.165) is 10.0 Å². The first-order valence-electron chi connectivity index (χ1n) is 12.8. The molecule has 2 aliphatic rings. The van der Waals surface area contributed by atoms with Crippen molar-refractivity contribution in [3.8, 4) is 0 Å². The third-order valence-electron chi connectivity index (χ3n) is 7.24. The lowest BCUT2D eigenvalue weighted by Gasteiger charge is -2.32. The van der Waals surface area contributed by atoms with E-state index in [2.05, 4.69) is 20.9 Å². The monoisotopic (exact) mass is 668 g/mol.